The molecule has 14 rings (SSSR count). The first-order valence-corrected chi connectivity index (χ1v) is 36.6. The molecular weight excluding hydrogens is 1590 g/mol. The molecule has 0 spiro atoms. The van der Waals surface area contributed by atoms with E-state index in [9.17, 15) is 64.7 Å². The van der Waals surface area contributed by atoms with Gasteiger partial charge in [-0.3, -0.25) is 28.8 Å². The van der Waals surface area contributed by atoms with Gasteiger partial charge in [-0.2, -0.15) is 26.3 Å². The number of aromatic nitrogens is 2. The molecule has 10 aromatic rings. The summed E-state index contributed by atoms with van der Waals surface area (Å²) in [5.41, 5.74) is 16.1. The quantitative estimate of drug-likeness (QED) is 0.0225. The van der Waals surface area contributed by atoms with E-state index in [1.807, 2.05) is 27.7 Å². The number of carboxylic acid groups (broad SMARTS) is 2. The molecule has 0 radical (unpaired) electrons. The van der Waals surface area contributed by atoms with Gasteiger partial charge in [-0.25, -0.2) is 19.6 Å². The van der Waals surface area contributed by atoms with Gasteiger partial charge in [0.1, 0.15) is 11.0 Å². The lowest BCUT2D eigenvalue weighted by atomic mass is 10.1. The standard InChI is InChI=1S/C27H21ClF3N3O3.C14H9F3N2O.C13H13Cl2NO2.C13H14ClNO3.C8H8ClNO2.C5H7ClO/c1-26(10-11-26)25(36)32-14-15-2-8-20(28)19(12-15)23(35)33-18-7-9-22-21(13-18)34-24(37-22)16-3-5-17(6-4-16)27(29,30)31;15-14(16,17)9-3-1-8(2-4-9)13-19-11-7-10(18)5-6-12(11)20-13;1-13(4-5-13)12(18)16-7-8-2-3-10(14)9(6-8)11(15)17;1-13(4-5-13)12(18)15-7-8-2-3-10(14)9(6-8)11(16)17;9-7-2-1-5(4-10)3-6(7)8(11)12;1-5(2-3-5)4(6)7/h2-9,12-13H,10-11,14H2,1H3,(H,32,36)(H,33,35);1-7H,18H2;2-3,6H,4-5,7H2,1H3,(H,16,18);2-3,6H,4-5,7H2,1H3,(H,15,18)(H,16,17);1-3H,4,10H2,(H,11,12);2-3H2,1H3. The molecule has 112 heavy (non-hydrogen) atoms. The number of nitrogen functional groups attached to an aromatic ring is 1. The van der Waals surface area contributed by atoms with Crippen molar-refractivity contribution in [1.29, 1.82) is 0 Å². The highest BCUT2D eigenvalue weighted by Crippen LogP contribution is 2.48. The van der Waals surface area contributed by atoms with Gasteiger partial charge in [0.2, 0.25) is 34.7 Å². The number of anilines is 2. The van der Waals surface area contributed by atoms with Crippen molar-refractivity contribution in [3.63, 3.8) is 0 Å². The maximum atomic E-state index is 13.0. The SMILES string of the molecule is CC1(C(=O)Cl)CC1.CC1(C(=O)NCc2ccc(Cl)c(C(=O)Cl)c2)CC1.CC1(C(=O)NCc2ccc(Cl)c(C(=O)Nc3ccc4oc(-c5ccc(C(F)(F)F)cc5)nc4c3)c2)CC1.CC1(C(=O)NCc2ccc(Cl)c(C(=O)O)c2)CC1.NCc1ccc(Cl)c(C(=O)O)c1.Nc1ccc2oc(-c3ccc(C(F)(F)F)cc3)nc2c1. The van der Waals surface area contributed by atoms with Crippen molar-refractivity contribution in [2.45, 2.75) is 118 Å². The van der Waals surface area contributed by atoms with E-state index in [0.717, 1.165) is 97.9 Å². The second-order valence-electron chi connectivity index (χ2n) is 28.0. The number of alkyl halides is 6. The molecule has 2 aromatic heterocycles. The summed E-state index contributed by atoms with van der Waals surface area (Å²) in [7, 11) is 0. The zero-order valence-electron chi connectivity index (χ0n) is 60.1. The van der Waals surface area contributed by atoms with Gasteiger partial charge in [0.05, 0.1) is 53.5 Å². The van der Waals surface area contributed by atoms with Crippen molar-refractivity contribution >= 4 is 149 Å². The molecule has 0 bridgehead atoms. The summed E-state index contributed by atoms with van der Waals surface area (Å²) in [6, 6.07) is 38.4. The van der Waals surface area contributed by atoms with Crippen LogP contribution < -0.4 is 32.7 Å². The van der Waals surface area contributed by atoms with Crippen molar-refractivity contribution in [2.75, 3.05) is 11.1 Å². The molecule has 4 fully saturated rings. The smallest absolute Gasteiger partial charge is 0.416 e. The molecule has 0 unspecified atom stereocenters. The average Bonchev–Trinajstić information content (AvgIpc) is 1.67. The third-order valence-corrected chi connectivity index (χ3v) is 20.7. The molecule has 0 aliphatic heterocycles. The fourth-order valence-corrected chi connectivity index (χ4v) is 11.4. The Morgan fingerprint density at radius 2 is 0.786 bits per heavy atom. The van der Waals surface area contributed by atoms with Crippen molar-refractivity contribution in [3.05, 3.63) is 233 Å². The van der Waals surface area contributed by atoms with Crippen LogP contribution in [0.3, 0.4) is 0 Å². The average molecular weight is 1660 g/mol. The van der Waals surface area contributed by atoms with Crippen LogP contribution in [-0.2, 0) is 57.7 Å². The number of halogens is 12. The summed E-state index contributed by atoms with van der Waals surface area (Å²) in [4.78, 5) is 100. The van der Waals surface area contributed by atoms with Crippen LogP contribution in [0.5, 0.6) is 0 Å². The van der Waals surface area contributed by atoms with Gasteiger partial charge < -0.3 is 51.8 Å². The number of oxazole rings is 2. The summed E-state index contributed by atoms with van der Waals surface area (Å²) in [5, 5.41) is 29.2. The summed E-state index contributed by atoms with van der Waals surface area (Å²) in [6.45, 7) is 8.98. The number of rotatable bonds is 18. The fraction of sp³-hybridized carbons (Fsp3) is 0.275. The van der Waals surface area contributed by atoms with Gasteiger partial charge in [-0.05, 0) is 230 Å². The van der Waals surface area contributed by atoms with Crippen molar-refractivity contribution in [1.82, 2.24) is 25.9 Å². The number of nitrogens with zero attached hydrogens (tertiary/aromatic N) is 2. The number of nitrogens with two attached hydrogens (primary N) is 2. The van der Waals surface area contributed by atoms with Crippen LogP contribution in [-0.4, -0.2) is 66.2 Å². The number of hydrogen-bond acceptors (Lipinski definition) is 14. The fourth-order valence-electron chi connectivity index (χ4n) is 10.2. The highest BCUT2D eigenvalue weighted by molar-refractivity contribution is 6.68. The first-order chi connectivity index (χ1) is 52.6. The zero-order chi connectivity index (χ0) is 82.0. The first-order valence-electron chi connectivity index (χ1n) is 34.4. The lowest BCUT2D eigenvalue weighted by Crippen LogP contribution is -2.29. The Balaban J connectivity index is 0.000000165. The Bertz CT molecular complexity index is 5120. The predicted octanol–water partition coefficient (Wildman–Crippen LogP) is 19.6. The van der Waals surface area contributed by atoms with Gasteiger partial charge >= 0.3 is 24.3 Å². The lowest BCUT2D eigenvalue weighted by molar-refractivity contribution is -0.138. The zero-order valence-corrected chi connectivity index (χ0v) is 64.6. The summed E-state index contributed by atoms with van der Waals surface area (Å²) in [6.07, 6.45) is -1.38. The van der Waals surface area contributed by atoms with E-state index in [1.165, 1.54) is 48.5 Å². The number of carbonyl (C=O) groups is 8. The van der Waals surface area contributed by atoms with Crippen LogP contribution >= 0.6 is 69.6 Å². The topological polar surface area (TPSA) is 329 Å². The summed E-state index contributed by atoms with van der Waals surface area (Å²) < 4.78 is 87.1. The molecule has 10 N–H and O–H groups in total. The second-order valence-corrected chi connectivity index (χ2v) is 30.3. The minimum atomic E-state index is -4.43. The lowest BCUT2D eigenvalue weighted by Gasteiger charge is -2.12. The minimum absolute atomic E-state index is 0.00923. The molecule has 8 aromatic carbocycles. The molecule has 32 heteroatoms. The number of carboxylic acids is 2. The third kappa shape index (κ3) is 23.3. The first kappa shape index (κ1) is 85.9. The van der Waals surface area contributed by atoms with Crippen LogP contribution in [0.15, 0.2) is 167 Å². The van der Waals surface area contributed by atoms with Crippen LogP contribution in [0, 0.1) is 21.7 Å². The van der Waals surface area contributed by atoms with Crippen molar-refractivity contribution in [3.8, 4) is 22.9 Å². The molecule has 588 valence electrons. The summed E-state index contributed by atoms with van der Waals surface area (Å²) >= 11 is 34.1. The third-order valence-electron chi connectivity index (χ3n) is 18.7. The van der Waals surface area contributed by atoms with E-state index >= 15 is 0 Å². The normalized spacial score (nSPS) is 14.7. The van der Waals surface area contributed by atoms with Gasteiger partial charge in [-0.15, -0.1) is 0 Å². The maximum Gasteiger partial charge on any atom is 0.416 e. The molecule has 4 saturated carbocycles. The number of nitrogens with one attached hydrogen (secondary N) is 4. The van der Waals surface area contributed by atoms with Crippen molar-refractivity contribution < 1.29 is 83.7 Å². The monoisotopic (exact) mass is 1660 g/mol. The molecular formula is C80H72Cl6F6N8O12. The maximum absolute atomic E-state index is 13.0. The predicted molar refractivity (Wildman–Crippen MR) is 415 cm³/mol. The largest absolute Gasteiger partial charge is 0.478 e. The van der Waals surface area contributed by atoms with E-state index in [1.54, 1.807) is 84.9 Å². The number of aromatic carboxylic acids is 2. The Morgan fingerprint density at radius 3 is 1.13 bits per heavy atom. The van der Waals surface area contributed by atoms with E-state index in [2.05, 4.69) is 31.2 Å². The highest BCUT2D eigenvalue weighted by atomic mass is 35.5. The van der Waals surface area contributed by atoms with E-state index in [0.29, 0.717) is 69.4 Å². The van der Waals surface area contributed by atoms with Crippen LogP contribution in [0.1, 0.15) is 154 Å². The summed E-state index contributed by atoms with van der Waals surface area (Å²) in [5.74, 6) is -2.06. The molecule has 4 aliphatic rings. The number of benzene rings is 8. The molecule has 20 nitrogen and oxygen atoms in total. The van der Waals surface area contributed by atoms with Crippen LogP contribution in [0.2, 0.25) is 20.1 Å². The van der Waals surface area contributed by atoms with Gasteiger partial charge in [0, 0.05) is 70.3 Å². The van der Waals surface area contributed by atoms with E-state index in [-0.39, 0.29) is 100 Å². The van der Waals surface area contributed by atoms with Gasteiger partial charge in [0.25, 0.3) is 11.1 Å². The molecule has 4 aliphatic carbocycles. The van der Waals surface area contributed by atoms with Crippen LogP contribution in [0.4, 0.5) is 37.7 Å². The second kappa shape index (κ2) is 35.7. The van der Waals surface area contributed by atoms with Crippen LogP contribution in [0.25, 0.3) is 45.1 Å². The molecule has 0 saturated heterocycles. The Morgan fingerprint density at radius 1 is 0.446 bits per heavy atom. The highest BCUT2D eigenvalue weighted by Gasteiger charge is 2.47. The van der Waals surface area contributed by atoms with E-state index < -0.39 is 46.6 Å². The Hall–Kier alpha value is -10.1. The Labute approximate surface area is 667 Å². The van der Waals surface area contributed by atoms with Crippen molar-refractivity contribution in [2.24, 2.45) is 27.4 Å². The molecule has 4 amide bonds. The number of hydrogen-bond donors (Lipinski definition) is 8. The molecule has 2 heterocycles. The van der Waals surface area contributed by atoms with Gasteiger partial charge in [-0.1, -0.05) is 98.4 Å². The van der Waals surface area contributed by atoms with E-state index in [4.69, 9.17) is 100 Å². The number of fused-ring (bicyclic) bond motifs is 2. The number of amides is 4. The minimum Gasteiger partial charge on any atom is -0.478 e. The van der Waals surface area contributed by atoms with Gasteiger partial charge in [0.15, 0.2) is 11.2 Å². The molecule has 0 atom stereocenters. The Kier molecular flexibility index (Phi) is 27.4. The number of carbonyl (C=O) groups excluding carboxylic acids is 6.